The van der Waals surface area contributed by atoms with Gasteiger partial charge >= 0.3 is 5.97 Å². The van der Waals surface area contributed by atoms with Crippen LogP contribution < -0.4 is 5.32 Å². The van der Waals surface area contributed by atoms with Crippen molar-refractivity contribution in [2.75, 3.05) is 0 Å². The Bertz CT molecular complexity index is 541. The van der Waals surface area contributed by atoms with E-state index < -0.39 is 11.5 Å². The molecule has 0 atom stereocenters. The van der Waals surface area contributed by atoms with Gasteiger partial charge in [0.05, 0.1) is 12.0 Å². The van der Waals surface area contributed by atoms with Gasteiger partial charge in [0.15, 0.2) is 0 Å². The van der Waals surface area contributed by atoms with Gasteiger partial charge in [-0.1, -0.05) is 19.3 Å². The minimum atomic E-state index is -0.852. The maximum atomic E-state index is 12.1. The highest BCUT2D eigenvalue weighted by Crippen LogP contribution is 2.31. The van der Waals surface area contributed by atoms with Crippen molar-refractivity contribution >= 4 is 29.3 Å². The molecule has 0 bridgehead atoms. The molecule has 2 rings (SSSR count). The highest BCUT2D eigenvalue weighted by atomic mass is 32.1. The normalized spacial score (nSPS) is 17.8. The second kappa shape index (κ2) is 6.89. The van der Waals surface area contributed by atoms with Crippen LogP contribution in [0.5, 0.6) is 0 Å². The molecule has 1 fully saturated rings. The van der Waals surface area contributed by atoms with Gasteiger partial charge in [0, 0.05) is 15.8 Å². The van der Waals surface area contributed by atoms with E-state index in [1.807, 2.05) is 19.1 Å². The van der Waals surface area contributed by atoms with Crippen molar-refractivity contribution in [3.8, 4) is 0 Å². The molecule has 1 amide bonds. The largest absolute Gasteiger partial charge is 0.481 e. The maximum absolute atomic E-state index is 12.1. The number of hydrogen-bond acceptors (Lipinski definition) is 3. The zero-order chi connectivity index (χ0) is 15.3. The quantitative estimate of drug-likeness (QED) is 0.820. The standard InChI is InChI=1S/C16H21NO3S/c1-12-5-6-13(21-12)7-8-14(18)17-16(11-15(19)20)9-3-2-4-10-16/h5-8H,2-4,9-11H2,1H3,(H,17,18)(H,19,20). The fraction of sp³-hybridized carbons (Fsp3) is 0.500. The molecule has 0 spiro atoms. The first-order valence-corrected chi connectivity index (χ1v) is 8.09. The van der Waals surface area contributed by atoms with Crippen LogP contribution in [-0.4, -0.2) is 22.5 Å². The topological polar surface area (TPSA) is 66.4 Å². The van der Waals surface area contributed by atoms with Crippen molar-refractivity contribution in [1.82, 2.24) is 5.32 Å². The fourth-order valence-electron chi connectivity index (χ4n) is 2.87. The van der Waals surface area contributed by atoms with E-state index in [0.717, 1.165) is 37.0 Å². The number of carbonyl (C=O) groups excluding carboxylic acids is 1. The van der Waals surface area contributed by atoms with E-state index in [2.05, 4.69) is 5.32 Å². The van der Waals surface area contributed by atoms with Gasteiger partial charge in [-0.15, -0.1) is 11.3 Å². The van der Waals surface area contributed by atoms with Gasteiger partial charge in [0.2, 0.25) is 5.91 Å². The van der Waals surface area contributed by atoms with E-state index in [0.29, 0.717) is 0 Å². The smallest absolute Gasteiger partial charge is 0.305 e. The van der Waals surface area contributed by atoms with Crippen LogP contribution in [0.1, 0.15) is 48.3 Å². The summed E-state index contributed by atoms with van der Waals surface area (Å²) in [7, 11) is 0. The molecular weight excluding hydrogens is 286 g/mol. The number of carbonyl (C=O) groups is 2. The first kappa shape index (κ1) is 15.8. The SMILES string of the molecule is Cc1ccc(C=CC(=O)NC2(CC(=O)O)CCCCC2)s1. The van der Waals surface area contributed by atoms with Gasteiger partial charge in [-0.3, -0.25) is 9.59 Å². The van der Waals surface area contributed by atoms with E-state index in [4.69, 9.17) is 5.11 Å². The van der Waals surface area contributed by atoms with E-state index in [9.17, 15) is 9.59 Å². The summed E-state index contributed by atoms with van der Waals surface area (Å²) in [6.45, 7) is 2.02. The molecule has 2 N–H and O–H groups in total. The number of thiophene rings is 1. The van der Waals surface area contributed by atoms with Crippen molar-refractivity contribution in [2.24, 2.45) is 0 Å². The average molecular weight is 307 g/mol. The lowest BCUT2D eigenvalue weighted by Gasteiger charge is -2.36. The first-order chi connectivity index (χ1) is 9.99. The Morgan fingerprint density at radius 3 is 2.62 bits per heavy atom. The summed E-state index contributed by atoms with van der Waals surface area (Å²) >= 11 is 1.62. The summed E-state index contributed by atoms with van der Waals surface area (Å²) in [5.41, 5.74) is -0.573. The zero-order valence-corrected chi connectivity index (χ0v) is 13.0. The zero-order valence-electron chi connectivity index (χ0n) is 12.2. The molecule has 1 aliphatic carbocycles. The number of aryl methyl sites for hydroxylation is 1. The number of nitrogens with one attached hydrogen (secondary N) is 1. The molecule has 0 radical (unpaired) electrons. The number of rotatable bonds is 5. The summed E-state index contributed by atoms with van der Waals surface area (Å²) in [5, 5.41) is 12.0. The monoisotopic (exact) mass is 307 g/mol. The molecule has 4 nitrogen and oxygen atoms in total. The van der Waals surface area contributed by atoms with Crippen LogP contribution in [-0.2, 0) is 9.59 Å². The second-order valence-electron chi connectivity index (χ2n) is 5.68. The van der Waals surface area contributed by atoms with Crippen LogP contribution in [0.3, 0.4) is 0 Å². The molecule has 1 saturated carbocycles. The number of aliphatic carboxylic acids is 1. The Labute approximate surface area is 128 Å². The summed E-state index contributed by atoms with van der Waals surface area (Å²) in [6.07, 6.45) is 7.84. The van der Waals surface area contributed by atoms with E-state index in [1.165, 1.54) is 11.0 Å². The Hall–Kier alpha value is -1.62. The van der Waals surface area contributed by atoms with Gasteiger partial charge < -0.3 is 10.4 Å². The van der Waals surface area contributed by atoms with E-state index in [1.54, 1.807) is 17.4 Å². The summed E-state index contributed by atoms with van der Waals surface area (Å²) in [6, 6.07) is 3.98. The van der Waals surface area contributed by atoms with Crippen LogP contribution in [0, 0.1) is 6.92 Å². The summed E-state index contributed by atoms with van der Waals surface area (Å²) in [5.74, 6) is -1.06. The summed E-state index contributed by atoms with van der Waals surface area (Å²) in [4.78, 5) is 25.4. The van der Waals surface area contributed by atoms with Gasteiger partial charge in [0.25, 0.3) is 0 Å². The molecule has 0 aromatic carbocycles. The fourth-order valence-corrected chi connectivity index (χ4v) is 3.65. The molecule has 1 aliphatic rings. The number of amides is 1. The molecule has 5 heteroatoms. The first-order valence-electron chi connectivity index (χ1n) is 7.28. The van der Waals surface area contributed by atoms with Crippen molar-refractivity contribution in [2.45, 2.75) is 51.0 Å². The van der Waals surface area contributed by atoms with Crippen molar-refractivity contribution in [3.63, 3.8) is 0 Å². The van der Waals surface area contributed by atoms with E-state index >= 15 is 0 Å². The Morgan fingerprint density at radius 2 is 2.05 bits per heavy atom. The van der Waals surface area contributed by atoms with Gasteiger partial charge in [-0.05, 0) is 38.0 Å². The lowest BCUT2D eigenvalue weighted by molar-refractivity contribution is -0.139. The molecule has 1 aromatic heterocycles. The van der Waals surface area contributed by atoms with Gasteiger partial charge in [0.1, 0.15) is 0 Å². The van der Waals surface area contributed by atoms with Crippen LogP contribution in [0.25, 0.3) is 6.08 Å². The predicted octanol–water partition coefficient (Wildman–Crippen LogP) is 3.36. The van der Waals surface area contributed by atoms with Crippen molar-refractivity contribution < 1.29 is 14.7 Å². The predicted molar refractivity (Wildman–Crippen MR) is 84.3 cm³/mol. The van der Waals surface area contributed by atoms with Gasteiger partial charge in [-0.25, -0.2) is 0 Å². The van der Waals surface area contributed by atoms with Crippen LogP contribution >= 0.6 is 11.3 Å². The highest BCUT2D eigenvalue weighted by molar-refractivity contribution is 7.12. The maximum Gasteiger partial charge on any atom is 0.305 e. The Balaban J connectivity index is 2.00. The number of carboxylic acids is 1. The number of carboxylic acid groups (broad SMARTS) is 1. The van der Waals surface area contributed by atoms with E-state index in [-0.39, 0.29) is 12.3 Å². The minimum Gasteiger partial charge on any atom is -0.481 e. The molecule has 1 heterocycles. The van der Waals surface area contributed by atoms with Crippen LogP contribution in [0.2, 0.25) is 0 Å². The molecule has 0 saturated heterocycles. The third-order valence-corrected chi connectivity index (χ3v) is 4.81. The molecular formula is C16H21NO3S. The number of hydrogen-bond donors (Lipinski definition) is 2. The average Bonchev–Trinajstić information content (AvgIpc) is 2.82. The van der Waals surface area contributed by atoms with Crippen LogP contribution in [0.15, 0.2) is 18.2 Å². The second-order valence-corrected chi connectivity index (χ2v) is 7.00. The summed E-state index contributed by atoms with van der Waals surface area (Å²) < 4.78 is 0. The third-order valence-electron chi connectivity index (χ3n) is 3.85. The van der Waals surface area contributed by atoms with Crippen molar-refractivity contribution in [3.05, 3.63) is 28.0 Å². The van der Waals surface area contributed by atoms with Crippen molar-refractivity contribution in [1.29, 1.82) is 0 Å². The third kappa shape index (κ3) is 4.70. The highest BCUT2D eigenvalue weighted by Gasteiger charge is 2.35. The lowest BCUT2D eigenvalue weighted by Crippen LogP contribution is -2.50. The molecule has 0 unspecified atom stereocenters. The Morgan fingerprint density at radius 1 is 1.33 bits per heavy atom. The van der Waals surface area contributed by atoms with Crippen LogP contribution in [0.4, 0.5) is 0 Å². The molecule has 0 aliphatic heterocycles. The Kier molecular flexibility index (Phi) is 5.17. The minimum absolute atomic E-state index is 0.00465. The van der Waals surface area contributed by atoms with Gasteiger partial charge in [-0.2, -0.15) is 0 Å². The lowest BCUT2D eigenvalue weighted by atomic mass is 9.79. The molecule has 114 valence electrons. The molecule has 1 aromatic rings. The molecule has 21 heavy (non-hydrogen) atoms.